The van der Waals surface area contributed by atoms with Crippen molar-refractivity contribution < 1.29 is 26.3 Å². The Bertz CT molecular complexity index is 835. The summed E-state index contributed by atoms with van der Waals surface area (Å²) in [5, 5.41) is 10.5. The summed E-state index contributed by atoms with van der Waals surface area (Å²) in [6.45, 7) is 6.77. The van der Waals surface area contributed by atoms with E-state index in [1.165, 1.54) is 10.2 Å². The van der Waals surface area contributed by atoms with E-state index in [1.807, 2.05) is 0 Å². The SMILES string of the molecule is CC(C)N(N=Cc1c(F)cc(F)cc1F)N(N=Cc1c(F)cc(F)cc1F)C(C)C. The van der Waals surface area contributed by atoms with Gasteiger partial charge in [-0.25, -0.2) is 26.3 Å². The predicted molar refractivity (Wildman–Crippen MR) is 102 cm³/mol. The van der Waals surface area contributed by atoms with Gasteiger partial charge in [0, 0.05) is 24.3 Å². The number of hydrazine groups is 1. The number of hydrogen-bond acceptors (Lipinski definition) is 4. The van der Waals surface area contributed by atoms with Gasteiger partial charge in [-0.1, -0.05) is 0 Å². The van der Waals surface area contributed by atoms with E-state index in [1.54, 1.807) is 27.7 Å². The molecule has 0 spiro atoms. The van der Waals surface area contributed by atoms with Gasteiger partial charge in [-0.15, -0.1) is 0 Å². The second-order valence-corrected chi connectivity index (χ2v) is 6.88. The molecule has 0 saturated heterocycles. The van der Waals surface area contributed by atoms with Gasteiger partial charge in [0.15, 0.2) is 0 Å². The van der Waals surface area contributed by atoms with Crippen molar-refractivity contribution in [2.75, 3.05) is 0 Å². The van der Waals surface area contributed by atoms with Crippen LogP contribution in [0.4, 0.5) is 26.3 Å². The Morgan fingerprint density at radius 2 is 0.867 bits per heavy atom. The molecule has 0 aliphatic carbocycles. The molecule has 30 heavy (non-hydrogen) atoms. The molecule has 0 N–H and O–H groups in total. The lowest BCUT2D eigenvalue weighted by molar-refractivity contribution is -0.0709. The Balaban J connectivity index is 2.40. The lowest BCUT2D eigenvalue weighted by Crippen LogP contribution is -2.44. The third-order valence-corrected chi connectivity index (χ3v) is 3.83. The molecule has 0 aromatic heterocycles. The molecule has 0 aliphatic heterocycles. The first kappa shape index (κ1) is 23.2. The Morgan fingerprint density at radius 1 is 0.600 bits per heavy atom. The molecule has 162 valence electrons. The van der Waals surface area contributed by atoms with E-state index < -0.39 is 58.1 Å². The largest absolute Gasteiger partial charge is 0.207 e. The first-order valence-electron chi connectivity index (χ1n) is 8.96. The van der Waals surface area contributed by atoms with E-state index in [4.69, 9.17) is 0 Å². The number of rotatable bonds is 7. The summed E-state index contributed by atoms with van der Waals surface area (Å²) in [5.74, 6) is -6.71. The van der Waals surface area contributed by atoms with Gasteiger partial charge in [-0.05, 0) is 27.7 Å². The molecule has 2 aromatic carbocycles. The van der Waals surface area contributed by atoms with Gasteiger partial charge in [-0.2, -0.15) is 20.4 Å². The molecule has 4 nitrogen and oxygen atoms in total. The molecule has 0 unspecified atom stereocenters. The van der Waals surface area contributed by atoms with E-state index in [2.05, 4.69) is 10.2 Å². The second kappa shape index (κ2) is 9.64. The summed E-state index contributed by atoms with van der Waals surface area (Å²) in [4.78, 5) is 0. The Hall–Kier alpha value is -3.04. The quantitative estimate of drug-likeness (QED) is 0.342. The average molecular weight is 430 g/mol. The van der Waals surface area contributed by atoms with E-state index in [0.29, 0.717) is 24.3 Å². The highest BCUT2D eigenvalue weighted by atomic mass is 19.2. The van der Waals surface area contributed by atoms with Crippen LogP contribution in [-0.4, -0.2) is 34.7 Å². The van der Waals surface area contributed by atoms with Gasteiger partial charge in [-0.3, -0.25) is 0 Å². The highest BCUT2D eigenvalue weighted by Gasteiger charge is 2.19. The summed E-state index contributed by atoms with van der Waals surface area (Å²) in [6, 6.07) is 1.28. The van der Waals surface area contributed by atoms with Crippen LogP contribution < -0.4 is 0 Å². The van der Waals surface area contributed by atoms with Crippen LogP contribution >= 0.6 is 0 Å². The minimum absolute atomic E-state index is 0.393. The molecular formula is C20H20F6N4. The maximum absolute atomic E-state index is 13.9. The first-order chi connectivity index (χ1) is 14.0. The monoisotopic (exact) mass is 430 g/mol. The maximum Gasteiger partial charge on any atom is 0.137 e. The van der Waals surface area contributed by atoms with Gasteiger partial charge < -0.3 is 0 Å². The second-order valence-electron chi connectivity index (χ2n) is 6.88. The number of hydrazone groups is 2. The van der Waals surface area contributed by atoms with Crippen molar-refractivity contribution in [2.45, 2.75) is 39.8 Å². The van der Waals surface area contributed by atoms with Crippen molar-refractivity contribution in [3.8, 4) is 0 Å². The molecule has 10 heteroatoms. The van der Waals surface area contributed by atoms with Crippen molar-refractivity contribution in [3.05, 3.63) is 70.3 Å². The zero-order chi connectivity index (χ0) is 22.6. The van der Waals surface area contributed by atoms with Crippen molar-refractivity contribution in [1.29, 1.82) is 0 Å². The predicted octanol–water partition coefficient (Wildman–Crippen LogP) is 5.23. The lowest BCUT2D eigenvalue weighted by Gasteiger charge is -2.35. The third-order valence-electron chi connectivity index (χ3n) is 3.83. The molecule has 2 aromatic rings. The zero-order valence-electron chi connectivity index (χ0n) is 16.7. The van der Waals surface area contributed by atoms with Crippen LogP contribution in [0.15, 0.2) is 34.5 Å². The molecule has 2 rings (SSSR count). The highest BCUT2D eigenvalue weighted by molar-refractivity contribution is 5.80. The first-order valence-corrected chi connectivity index (χ1v) is 8.96. The standard InChI is InChI=1S/C20H20F6N4/c1-11(2)29(27-9-15-17(23)5-13(21)6-18(15)24)30(12(3)4)28-10-16-19(25)7-14(22)8-20(16)26/h5-12H,1-4H3. The fraction of sp³-hybridized carbons (Fsp3) is 0.300. The molecule has 0 saturated carbocycles. The molecule has 0 atom stereocenters. The molecule has 0 amide bonds. The molecule has 0 heterocycles. The summed E-state index contributed by atoms with van der Waals surface area (Å²) in [5.41, 5.74) is -1.13. The van der Waals surface area contributed by atoms with Crippen molar-refractivity contribution in [1.82, 2.24) is 10.2 Å². The van der Waals surface area contributed by atoms with Crippen LogP contribution in [0.5, 0.6) is 0 Å². The van der Waals surface area contributed by atoms with Crippen LogP contribution in [-0.2, 0) is 0 Å². The van der Waals surface area contributed by atoms with E-state index in [0.717, 1.165) is 12.4 Å². The topological polar surface area (TPSA) is 31.2 Å². The fourth-order valence-electron chi connectivity index (χ4n) is 2.43. The van der Waals surface area contributed by atoms with E-state index in [-0.39, 0.29) is 0 Å². The highest BCUT2D eigenvalue weighted by Crippen LogP contribution is 2.17. The average Bonchev–Trinajstić information content (AvgIpc) is 2.60. The number of hydrogen-bond donors (Lipinski definition) is 0. The Labute approximate surface area is 170 Å². The molecular weight excluding hydrogens is 410 g/mol. The maximum atomic E-state index is 13.9. The van der Waals surface area contributed by atoms with Crippen molar-refractivity contribution >= 4 is 12.4 Å². The van der Waals surface area contributed by atoms with Crippen LogP contribution in [0.1, 0.15) is 38.8 Å². The molecule has 0 fully saturated rings. The number of benzene rings is 2. The van der Waals surface area contributed by atoms with Gasteiger partial charge >= 0.3 is 0 Å². The summed E-state index contributed by atoms with van der Waals surface area (Å²) in [6.07, 6.45) is 1.71. The van der Waals surface area contributed by atoms with Crippen LogP contribution in [0.3, 0.4) is 0 Å². The van der Waals surface area contributed by atoms with Crippen LogP contribution in [0, 0.1) is 34.9 Å². The smallest absolute Gasteiger partial charge is 0.137 e. The summed E-state index contributed by atoms with van der Waals surface area (Å²) >= 11 is 0. The molecule has 0 bridgehead atoms. The number of halogens is 6. The minimum Gasteiger partial charge on any atom is -0.207 e. The molecule has 0 radical (unpaired) electrons. The minimum atomic E-state index is -1.14. The zero-order valence-corrected chi connectivity index (χ0v) is 16.7. The Kier molecular flexibility index (Phi) is 7.47. The van der Waals surface area contributed by atoms with Crippen molar-refractivity contribution in [2.24, 2.45) is 10.2 Å². The summed E-state index contributed by atoms with van der Waals surface area (Å²) < 4.78 is 81.6. The fourth-order valence-corrected chi connectivity index (χ4v) is 2.43. The third kappa shape index (κ3) is 5.52. The van der Waals surface area contributed by atoms with Crippen LogP contribution in [0.25, 0.3) is 0 Å². The van der Waals surface area contributed by atoms with Gasteiger partial charge in [0.05, 0.1) is 35.6 Å². The van der Waals surface area contributed by atoms with Gasteiger partial charge in [0.1, 0.15) is 34.9 Å². The van der Waals surface area contributed by atoms with Gasteiger partial charge in [0.25, 0.3) is 0 Å². The molecule has 0 aliphatic rings. The normalized spacial score (nSPS) is 12.0. The van der Waals surface area contributed by atoms with E-state index >= 15 is 0 Å². The summed E-state index contributed by atoms with van der Waals surface area (Å²) in [7, 11) is 0. The van der Waals surface area contributed by atoms with Crippen molar-refractivity contribution in [3.63, 3.8) is 0 Å². The van der Waals surface area contributed by atoms with E-state index in [9.17, 15) is 26.3 Å². The van der Waals surface area contributed by atoms with Crippen LogP contribution in [0.2, 0.25) is 0 Å². The Morgan fingerprint density at radius 3 is 1.10 bits per heavy atom. The lowest BCUT2D eigenvalue weighted by atomic mass is 10.2. The number of nitrogens with zero attached hydrogens (tertiary/aromatic N) is 4. The van der Waals surface area contributed by atoms with Gasteiger partial charge in [0.2, 0.25) is 0 Å².